The molecule has 2 aromatic heterocycles. The monoisotopic (exact) mass is 335 g/mol. The highest BCUT2D eigenvalue weighted by molar-refractivity contribution is 7.09. The molecule has 3 rings (SSSR count). The molecule has 2 atom stereocenters. The van der Waals surface area contributed by atoms with Crippen molar-refractivity contribution >= 4 is 17.2 Å². The highest BCUT2D eigenvalue weighted by Gasteiger charge is 2.30. The minimum Gasteiger partial charge on any atom is -0.368 e. The molecule has 124 valence electrons. The first-order valence-electron chi connectivity index (χ1n) is 7.65. The zero-order valence-electron chi connectivity index (χ0n) is 13.3. The van der Waals surface area contributed by atoms with Gasteiger partial charge in [-0.25, -0.2) is 0 Å². The summed E-state index contributed by atoms with van der Waals surface area (Å²) in [7, 11) is 1.90. The van der Waals surface area contributed by atoms with E-state index >= 15 is 0 Å². The second-order valence-corrected chi connectivity index (χ2v) is 6.66. The molecular formula is C15H21N5O2S. The van der Waals surface area contributed by atoms with E-state index in [4.69, 9.17) is 4.74 Å². The third kappa shape index (κ3) is 3.77. The maximum atomic E-state index is 12.4. The van der Waals surface area contributed by atoms with E-state index in [0.717, 1.165) is 17.2 Å². The summed E-state index contributed by atoms with van der Waals surface area (Å²) in [5, 5.41) is 13.0. The van der Waals surface area contributed by atoms with E-state index < -0.39 is 0 Å². The third-order valence-electron chi connectivity index (χ3n) is 4.08. The Kier molecular flexibility index (Phi) is 5.04. The van der Waals surface area contributed by atoms with E-state index in [1.807, 2.05) is 36.1 Å². The Morgan fingerprint density at radius 3 is 3.17 bits per heavy atom. The average Bonchev–Trinajstić information content (AvgIpc) is 3.23. The highest BCUT2D eigenvalue weighted by Crippen LogP contribution is 2.21. The summed E-state index contributed by atoms with van der Waals surface area (Å²) in [4.78, 5) is 15.7. The molecule has 0 spiro atoms. The van der Waals surface area contributed by atoms with Gasteiger partial charge in [0, 0.05) is 25.0 Å². The molecule has 7 nitrogen and oxygen atoms in total. The van der Waals surface area contributed by atoms with Crippen molar-refractivity contribution in [3.63, 3.8) is 0 Å². The number of nitrogens with one attached hydrogen (secondary N) is 1. The number of rotatable bonds is 5. The fraction of sp³-hybridized carbons (Fsp3) is 0.533. The summed E-state index contributed by atoms with van der Waals surface area (Å²) >= 11 is 1.65. The van der Waals surface area contributed by atoms with Gasteiger partial charge in [-0.3, -0.25) is 9.69 Å². The smallest absolute Gasteiger partial charge is 0.237 e. The normalized spacial score (nSPS) is 20.3. The lowest BCUT2D eigenvalue weighted by atomic mass is 10.2. The summed E-state index contributed by atoms with van der Waals surface area (Å²) in [6.45, 7) is 4.48. The van der Waals surface area contributed by atoms with Gasteiger partial charge in [0.2, 0.25) is 5.91 Å². The van der Waals surface area contributed by atoms with Crippen LogP contribution >= 0.6 is 11.3 Å². The van der Waals surface area contributed by atoms with Crippen molar-refractivity contribution in [2.75, 3.05) is 19.7 Å². The van der Waals surface area contributed by atoms with Crippen molar-refractivity contribution < 1.29 is 9.53 Å². The van der Waals surface area contributed by atoms with Crippen LogP contribution in [0.3, 0.4) is 0 Å². The molecule has 0 saturated carbocycles. The van der Waals surface area contributed by atoms with Crippen molar-refractivity contribution in [2.45, 2.75) is 25.6 Å². The number of ether oxygens (including phenoxy) is 1. The Morgan fingerprint density at radius 1 is 1.61 bits per heavy atom. The quantitative estimate of drug-likeness (QED) is 0.881. The van der Waals surface area contributed by atoms with Crippen molar-refractivity contribution in [2.24, 2.45) is 7.05 Å². The van der Waals surface area contributed by atoms with Gasteiger partial charge in [0.1, 0.15) is 12.4 Å². The molecule has 0 radical (unpaired) electrons. The Labute approximate surface area is 139 Å². The summed E-state index contributed by atoms with van der Waals surface area (Å²) in [5.41, 5.74) is 0. The van der Waals surface area contributed by atoms with E-state index in [9.17, 15) is 4.79 Å². The lowest BCUT2D eigenvalue weighted by Gasteiger charge is -2.35. The molecule has 8 heteroatoms. The van der Waals surface area contributed by atoms with Gasteiger partial charge in [0.25, 0.3) is 0 Å². The zero-order chi connectivity index (χ0) is 16.2. The van der Waals surface area contributed by atoms with Gasteiger partial charge >= 0.3 is 0 Å². The van der Waals surface area contributed by atoms with E-state index in [-0.39, 0.29) is 18.1 Å². The molecule has 1 amide bonds. The number of carbonyl (C=O) groups excluding carboxylic acids is 1. The number of nitrogens with zero attached hydrogens (tertiary/aromatic N) is 4. The molecule has 2 aromatic rings. The molecule has 3 heterocycles. The Balaban J connectivity index is 1.57. The van der Waals surface area contributed by atoms with Gasteiger partial charge in [0.05, 0.1) is 19.2 Å². The molecule has 0 aliphatic carbocycles. The molecule has 1 saturated heterocycles. The van der Waals surface area contributed by atoms with Crippen LogP contribution in [0.2, 0.25) is 0 Å². The molecule has 1 N–H and O–H groups in total. The number of aromatic nitrogens is 3. The zero-order valence-corrected chi connectivity index (χ0v) is 14.1. The molecule has 1 aliphatic heterocycles. The Morgan fingerprint density at radius 2 is 2.48 bits per heavy atom. The van der Waals surface area contributed by atoms with Gasteiger partial charge in [-0.15, -0.1) is 21.5 Å². The summed E-state index contributed by atoms with van der Waals surface area (Å²) in [5.74, 6) is 0.831. The van der Waals surface area contributed by atoms with E-state index in [1.165, 1.54) is 0 Å². The standard InChI is InChI=1S/C15H21N5O2S/c1-11(15(21)16-8-12-4-3-7-23-12)20-5-6-22-13(9-20)14-18-17-10-19(14)2/h3-4,7,10-11,13H,5-6,8-9H2,1-2H3,(H,16,21)/t11-,13-/m1/s1. The van der Waals surface area contributed by atoms with Gasteiger partial charge in [-0.05, 0) is 18.4 Å². The number of amides is 1. The Bertz CT molecular complexity index is 642. The molecule has 1 fully saturated rings. The average molecular weight is 335 g/mol. The maximum Gasteiger partial charge on any atom is 0.237 e. The van der Waals surface area contributed by atoms with Crippen molar-refractivity contribution in [3.8, 4) is 0 Å². The number of morpholine rings is 1. The second kappa shape index (κ2) is 7.20. The van der Waals surface area contributed by atoms with Crippen molar-refractivity contribution in [1.82, 2.24) is 25.0 Å². The maximum absolute atomic E-state index is 12.4. The SMILES string of the molecule is C[C@H](C(=O)NCc1cccs1)N1CCO[C@@H](c2nncn2C)C1. The molecular weight excluding hydrogens is 314 g/mol. The van der Waals surface area contributed by atoms with Gasteiger partial charge in [-0.2, -0.15) is 0 Å². The largest absolute Gasteiger partial charge is 0.368 e. The van der Waals surface area contributed by atoms with Crippen LogP contribution < -0.4 is 5.32 Å². The first kappa shape index (κ1) is 16.1. The first-order chi connectivity index (χ1) is 11.1. The Hall–Kier alpha value is -1.77. The predicted molar refractivity (Wildman–Crippen MR) is 86.9 cm³/mol. The van der Waals surface area contributed by atoms with Crippen molar-refractivity contribution in [1.29, 1.82) is 0 Å². The van der Waals surface area contributed by atoms with Crippen LogP contribution in [0.25, 0.3) is 0 Å². The third-order valence-corrected chi connectivity index (χ3v) is 4.95. The van der Waals surface area contributed by atoms with Crippen LogP contribution in [0.4, 0.5) is 0 Å². The second-order valence-electron chi connectivity index (χ2n) is 5.63. The number of hydrogen-bond acceptors (Lipinski definition) is 6. The number of aryl methyl sites for hydroxylation is 1. The summed E-state index contributed by atoms with van der Waals surface area (Å²) in [6.07, 6.45) is 1.51. The summed E-state index contributed by atoms with van der Waals surface area (Å²) < 4.78 is 7.64. The predicted octanol–water partition coefficient (Wildman–Crippen LogP) is 0.955. The van der Waals surface area contributed by atoms with Crippen LogP contribution in [-0.2, 0) is 23.1 Å². The van der Waals surface area contributed by atoms with Crippen LogP contribution in [0, 0.1) is 0 Å². The van der Waals surface area contributed by atoms with Gasteiger partial charge < -0.3 is 14.6 Å². The first-order valence-corrected chi connectivity index (χ1v) is 8.52. The lowest BCUT2D eigenvalue weighted by molar-refractivity contribution is -0.129. The van der Waals surface area contributed by atoms with Crippen LogP contribution in [-0.4, -0.2) is 51.3 Å². The van der Waals surface area contributed by atoms with Crippen LogP contribution in [0.5, 0.6) is 0 Å². The number of thiophene rings is 1. The van der Waals surface area contributed by atoms with E-state index in [2.05, 4.69) is 20.4 Å². The number of hydrogen-bond donors (Lipinski definition) is 1. The van der Waals surface area contributed by atoms with Crippen molar-refractivity contribution in [3.05, 3.63) is 34.5 Å². The molecule has 0 unspecified atom stereocenters. The molecule has 0 aromatic carbocycles. The van der Waals surface area contributed by atoms with Gasteiger partial charge in [0.15, 0.2) is 5.82 Å². The van der Waals surface area contributed by atoms with E-state index in [1.54, 1.807) is 17.7 Å². The van der Waals surface area contributed by atoms with Gasteiger partial charge in [-0.1, -0.05) is 6.07 Å². The topological polar surface area (TPSA) is 72.3 Å². The number of carbonyl (C=O) groups is 1. The van der Waals surface area contributed by atoms with Crippen LogP contribution in [0.1, 0.15) is 23.7 Å². The highest BCUT2D eigenvalue weighted by atomic mass is 32.1. The minimum atomic E-state index is -0.199. The fourth-order valence-corrected chi connectivity index (χ4v) is 3.31. The van der Waals surface area contributed by atoms with Crippen LogP contribution in [0.15, 0.2) is 23.8 Å². The molecule has 1 aliphatic rings. The molecule has 23 heavy (non-hydrogen) atoms. The lowest BCUT2D eigenvalue weighted by Crippen LogP contribution is -2.50. The fourth-order valence-electron chi connectivity index (χ4n) is 2.66. The molecule has 0 bridgehead atoms. The summed E-state index contributed by atoms with van der Waals surface area (Å²) in [6, 6.07) is 3.81. The minimum absolute atomic E-state index is 0.0389. The van der Waals surface area contributed by atoms with E-state index in [0.29, 0.717) is 19.7 Å².